The van der Waals surface area contributed by atoms with Crippen molar-refractivity contribution < 1.29 is 14.0 Å². The van der Waals surface area contributed by atoms with Crippen LogP contribution in [0.1, 0.15) is 28.8 Å². The lowest BCUT2D eigenvalue weighted by atomic mass is 10.0. The first-order chi connectivity index (χ1) is 11.1. The number of amides is 1. The highest BCUT2D eigenvalue weighted by atomic mass is 19.1. The molecule has 0 bridgehead atoms. The van der Waals surface area contributed by atoms with Crippen molar-refractivity contribution in [1.29, 1.82) is 0 Å². The van der Waals surface area contributed by atoms with Crippen LogP contribution < -0.4 is 0 Å². The molecular weight excluding hydrogens is 293 g/mol. The lowest BCUT2D eigenvalue weighted by molar-refractivity contribution is -0.130. The molecule has 1 amide bonds. The maximum absolute atomic E-state index is 12.9. The second-order valence-corrected chi connectivity index (χ2v) is 5.78. The minimum Gasteiger partial charge on any atom is -0.332 e. The van der Waals surface area contributed by atoms with E-state index in [1.54, 1.807) is 29.2 Å². The summed E-state index contributed by atoms with van der Waals surface area (Å²) in [5, 5.41) is 0. The molecule has 1 aliphatic heterocycles. The maximum Gasteiger partial charge on any atom is 0.227 e. The van der Waals surface area contributed by atoms with Gasteiger partial charge in [-0.2, -0.15) is 0 Å². The third-order valence-electron chi connectivity index (χ3n) is 4.20. The van der Waals surface area contributed by atoms with E-state index in [0.29, 0.717) is 18.5 Å². The molecule has 1 atom stereocenters. The molecule has 3 rings (SSSR count). The fraction of sp³-hybridized carbons (Fsp3) is 0.263. The van der Waals surface area contributed by atoms with Gasteiger partial charge in [0, 0.05) is 12.1 Å². The first-order valence-corrected chi connectivity index (χ1v) is 7.78. The zero-order valence-electron chi connectivity index (χ0n) is 12.7. The Hall–Kier alpha value is -2.49. The van der Waals surface area contributed by atoms with E-state index in [9.17, 15) is 14.0 Å². The van der Waals surface area contributed by atoms with Crippen LogP contribution in [0.3, 0.4) is 0 Å². The molecule has 0 N–H and O–H groups in total. The Kier molecular flexibility index (Phi) is 4.51. The average Bonchev–Trinajstić information content (AvgIpc) is 3.07. The summed E-state index contributed by atoms with van der Waals surface area (Å²) in [5.74, 6) is -0.404. The number of halogens is 1. The van der Waals surface area contributed by atoms with Crippen LogP contribution >= 0.6 is 0 Å². The number of Topliss-reactive ketones (excluding diaryl/α,β-unsaturated/α-hetero) is 1. The summed E-state index contributed by atoms with van der Waals surface area (Å²) in [7, 11) is 0. The van der Waals surface area contributed by atoms with Crippen LogP contribution in [0.25, 0.3) is 0 Å². The lowest BCUT2D eigenvalue weighted by Gasteiger charge is -2.24. The molecule has 2 aromatic rings. The van der Waals surface area contributed by atoms with Crippen molar-refractivity contribution >= 4 is 11.7 Å². The van der Waals surface area contributed by atoms with Crippen LogP contribution in [0, 0.1) is 5.82 Å². The van der Waals surface area contributed by atoms with E-state index < -0.39 is 0 Å². The molecule has 1 fully saturated rings. The van der Waals surface area contributed by atoms with Gasteiger partial charge in [-0.25, -0.2) is 4.39 Å². The third-order valence-corrected chi connectivity index (χ3v) is 4.20. The van der Waals surface area contributed by atoms with Crippen molar-refractivity contribution in [3.05, 3.63) is 71.5 Å². The molecule has 0 aliphatic carbocycles. The molecule has 1 unspecified atom stereocenters. The highest BCUT2D eigenvalue weighted by molar-refractivity contribution is 6.02. The molecule has 2 aromatic carbocycles. The van der Waals surface area contributed by atoms with E-state index >= 15 is 0 Å². The predicted octanol–water partition coefficient (Wildman–Crippen LogP) is 3.24. The number of benzene rings is 2. The van der Waals surface area contributed by atoms with Gasteiger partial charge in [0.05, 0.1) is 12.5 Å². The molecule has 0 saturated carbocycles. The largest absolute Gasteiger partial charge is 0.332 e. The van der Waals surface area contributed by atoms with E-state index in [2.05, 4.69) is 0 Å². The van der Waals surface area contributed by atoms with Gasteiger partial charge in [0.1, 0.15) is 5.82 Å². The summed E-state index contributed by atoms with van der Waals surface area (Å²) in [4.78, 5) is 26.8. The van der Waals surface area contributed by atoms with Gasteiger partial charge in [-0.3, -0.25) is 9.59 Å². The number of likely N-dealkylation sites (tertiary alicyclic amines) is 1. The summed E-state index contributed by atoms with van der Waals surface area (Å²) in [6, 6.07) is 14.6. The fourth-order valence-corrected chi connectivity index (χ4v) is 3.01. The Morgan fingerprint density at radius 3 is 2.43 bits per heavy atom. The number of rotatable bonds is 4. The number of nitrogens with zero attached hydrogens (tertiary/aromatic N) is 1. The van der Waals surface area contributed by atoms with Gasteiger partial charge in [0.15, 0.2) is 5.78 Å². The molecule has 0 aromatic heterocycles. The minimum absolute atomic E-state index is 0.00411. The van der Waals surface area contributed by atoms with Gasteiger partial charge in [-0.05, 0) is 30.5 Å². The summed E-state index contributed by atoms with van der Waals surface area (Å²) in [5.41, 5.74) is 1.40. The highest BCUT2D eigenvalue weighted by Crippen LogP contribution is 2.22. The second-order valence-electron chi connectivity index (χ2n) is 5.78. The monoisotopic (exact) mass is 311 g/mol. The number of carbonyl (C=O) groups excluding carboxylic acids is 2. The molecule has 1 saturated heterocycles. The number of hydrogen-bond acceptors (Lipinski definition) is 2. The molecule has 0 radical (unpaired) electrons. The van der Waals surface area contributed by atoms with Crippen molar-refractivity contribution in [2.45, 2.75) is 25.3 Å². The molecular formula is C19H18FNO2. The SMILES string of the molecule is O=C(c1ccccc1)C1CCCN1C(=O)Cc1ccc(F)cc1. The van der Waals surface area contributed by atoms with Crippen molar-refractivity contribution in [3.63, 3.8) is 0 Å². The van der Waals surface area contributed by atoms with Crippen LogP contribution in [-0.4, -0.2) is 29.2 Å². The third kappa shape index (κ3) is 3.47. The van der Waals surface area contributed by atoms with Crippen molar-refractivity contribution in [2.24, 2.45) is 0 Å². The van der Waals surface area contributed by atoms with E-state index in [0.717, 1.165) is 12.0 Å². The van der Waals surface area contributed by atoms with Crippen LogP contribution in [-0.2, 0) is 11.2 Å². The van der Waals surface area contributed by atoms with Crippen LogP contribution in [0.4, 0.5) is 4.39 Å². The minimum atomic E-state index is -0.384. The van der Waals surface area contributed by atoms with Gasteiger partial charge >= 0.3 is 0 Å². The Balaban J connectivity index is 1.72. The Labute approximate surface area is 134 Å². The average molecular weight is 311 g/mol. The van der Waals surface area contributed by atoms with Gasteiger partial charge in [0.2, 0.25) is 5.91 Å². The Bertz CT molecular complexity index is 697. The maximum atomic E-state index is 12.9. The summed E-state index contributed by atoms with van der Waals surface area (Å²) < 4.78 is 12.9. The van der Waals surface area contributed by atoms with Crippen molar-refractivity contribution in [3.8, 4) is 0 Å². The second kappa shape index (κ2) is 6.73. The molecule has 0 spiro atoms. The predicted molar refractivity (Wildman–Crippen MR) is 85.6 cm³/mol. The fourth-order valence-electron chi connectivity index (χ4n) is 3.01. The molecule has 4 heteroatoms. The van der Waals surface area contributed by atoms with E-state index in [4.69, 9.17) is 0 Å². The zero-order valence-corrected chi connectivity index (χ0v) is 12.7. The van der Waals surface area contributed by atoms with E-state index in [-0.39, 0.29) is 30.0 Å². The highest BCUT2D eigenvalue weighted by Gasteiger charge is 2.34. The zero-order chi connectivity index (χ0) is 16.2. The normalized spacial score (nSPS) is 17.3. The first kappa shape index (κ1) is 15.4. The molecule has 23 heavy (non-hydrogen) atoms. The Morgan fingerprint density at radius 1 is 1.04 bits per heavy atom. The van der Waals surface area contributed by atoms with Crippen molar-refractivity contribution in [2.75, 3.05) is 6.54 Å². The van der Waals surface area contributed by atoms with Gasteiger partial charge in [0.25, 0.3) is 0 Å². The number of carbonyl (C=O) groups is 2. The molecule has 1 heterocycles. The quantitative estimate of drug-likeness (QED) is 0.813. The number of ketones is 1. The molecule has 118 valence electrons. The van der Waals surface area contributed by atoms with Crippen LogP contribution in [0.2, 0.25) is 0 Å². The van der Waals surface area contributed by atoms with Gasteiger partial charge in [-0.1, -0.05) is 42.5 Å². The summed E-state index contributed by atoms with van der Waals surface area (Å²) in [6.45, 7) is 0.600. The van der Waals surface area contributed by atoms with Gasteiger partial charge < -0.3 is 4.90 Å². The van der Waals surface area contributed by atoms with Crippen molar-refractivity contribution in [1.82, 2.24) is 4.90 Å². The standard InChI is InChI=1S/C19H18FNO2/c20-16-10-8-14(9-11-16)13-18(22)21-12-4-7-17(21)19(23)15-5-2-1-3-6-15/h1-3,5-6,8-11,17H,4,7,12-13H2. The smallest absolute Gasteiger partial charge is 0.227 e. The molecule has 1 aliphatic rings. The summed E-state index contributed by atoms with van der Waals surface area (Å²) >= 11 is 0. The summed E-state index contributed by atoms with van der Waals surface area (Å²) in [6.07, 6.45) is 1.72. The van der Waals surface area contributed by atoms with Crippen LogP contribution in [0.5, 0.6) is 0 Å². The topological polar surface area (TPSA) is 37.4 Å². The lowest BCUT2D eigenvalue weighted by Crippen LogP contribution is -2.41. The van der Waals surface area contributed by atoms with Crippen LogP contribution in [0.15, 0.2) is 54.6 Å². The van der Waals surface area contributed by atoms with E-state index in [1.165, 1.54) is 12.1 Å². The first-order valence-electron chi connectivity index (χ1n) is 7.78. The molecule has 3 nitrogen and oxygen atoms in total. The Morgan fingerprint density at radius 2 is 1.74 bits per heavy atom. The number of hydrogen-bond donors (Lipinski definition) is 0. The van der Waals surface area contributed by atoms with E-state index in [1.807, 2.05) is 18.2 Å². The van der Waals surface area contributed by atoms with Gasteiger partial charge in [-0.15, -0.1) is 0 Å².